The lowest BCUT2D eigenvalue weighted by Crippen LogP contribution is -2.44. The van der Waals surface area contributed by atoms with Crippen LogP contribution in [0, 0.1) is 6.92 Å². The fourth-order valence-electron chi connectivity index (χ4n) is 5.87. The molecule has 47 heavy (non-hydrogen) atoms. The lowest BCUT2D eigenvalue weighted by atomic mass is 9.91. The minimum absolute atomic E-state index is 0.186. The van der Waals surface area contributed by atoms with Crippen LogP contribution in [-0.4, -0.2) is 84.8 Å². The average Bonchev–Trinajstić information content (AvgIpc) is 3.10. The first kappa shape index (κ1) is 35.5. The van der Waals surface area contributed by atoms with Crippen molar-refractivity contribution in [2.45, 2.75) is 53.9 Å². The number of carbonyl (C=O) groups excluding carboxylic acids is 4. The highest BCUT2D eigenvalue weighted by Gasteiger charge is 2.34. The predicted molar refractivity (Wildman–Crippen MR) is 188 cm³/mol. The van der Waals surface area contributed by atoms with Gasteiger partial charge in [0.1, 0.15) is 0 Å². The number of carbonyl (C=O) groups is 4. The summed E-state index contributed by atoms with van der Waals surface area (Å²) in [5.74, 6) is -1.08. The van der Waals surface area contributed by atoms with Gasteiger partial charge in [-0.3, -0.25) is 29.0 Å². The summed E-state index contributed by atoms with van der Waals surface area (Å²) < 4.78 is 5.77. The van der Waals surface area contributed by atoms with E-state index in [1.54, 1.807) is 18.2 Å². The number of imide groups is 2. The molecule has 2 aliphatic rings. The van der Waals surface area contributed by atoms with Crippen molar-refractivity contribution < 1.29 is 23.9 Å². The molecule has 4 aromatic rings. The van der Waals surface area contributed by atoms with E-state index in [1.807, 2.05) is 76.3 Å². The zero-order valence-corrected chi connectivity index (χ0v) is 28.6. The lowest BCUT2D eigenvalue weighted by molar-refractivity contribution is 0.0515. The van der Waals surface area contributed by atoms with Gasteiger partial charge in [-0.1, -0.05) is 89.1 Å². The molecule has 2 aliphatic heterocycles. The molecule has 0 atom stereocenters. The van der Waals surface area contributed by atoms with Crippen molar-refractivity contribution in [3.8, 4) is 0 Å². The highest BCUT2D eigenvalue weighted by Crippen LogP contribution is 2.32. The van der Waals surface area contributed by atoms with Gasteiger partial charge in [-0.15, -0.1) is 0 Å². The number of amides is 4. The number of hydrogen-bond donors (Lipinski definition) is 0. The molecule has 6 rings (SSSR count). The molecule has 0 radical (unpaired) electrons. The van der Waals surface area contributed by atoms with Crippen molar-refractivity contribution >= 4 is 45.2 Å². The average molecular weight is 638 g/mol. The molecule has 0 aliphatic carbocycles. The largest absolute Gasteiger partial charge is 0.380 e. The number of ether oxygens (including phenoxy) is 1. The number of rotatable bonds is 11. The zero-order chi connectivity index (χ0) is 34.1. The van der Waals surface area contributed by atoms with Crippen molar-refractivity contribution in [2.75, 3.05) is 46.4 Å². The summed E-state index contributed by atoms with van der Waals surface area (Å²) in [6.45, 7) is 12.7. The Balaban J connectivity index is 0.000000776. The lowest BCUT2D eigenvalue weighted by Gasteiger charge is -2.29. The van der Waals surface area contributed by atoms with Crippen molar-refractivity contribution in [3.05, 3.63) is 94.5 Å². The molecule has 248 valence electrons. The molecular weight excluding hydrogens is 590 g/mol. The van der Waals surface area contributed by atoms with Gasteiger partial charge in [0.2, 0.25) is 0 Å². The first-order chi connectivity index (χ1) is 22.8. The molecule has 2 heterocycles. The monoisotopic (exact) mass is 637 g/mol. The quantitative estimate of drug-likeness (QED) is 0.126. The Bertz CT molecular complexity index is 1710. The van der Waals surface area contributed by atoms with Gasteiger partial charge < -0.3 is 9.64 Å². The maximum atomic E-state index is 13.3. The summed E-state index contributed by atoms with van der Waals surface area (Å²) in [5, 5.41) is 3.25. The summed E-state index contributed by atoms with van der Waals surface area (Å²) in [4.78, 5) is 57.1. The van der Waals surface area contributed by atoms with Gasteiger partial charge in [0, 0.05) is 53.7 Å². The van der Waals surface area contributed by atoms with Crippen LogP contribution in [-0.2, 0) is 4.74 Å². The van der Waals surface area contributed by atoms with E-state index in [0.29, 0.717) is 48.5 Å². The molecule has 0 fully saturated rings. The van der Waals surface area contributed by atoms with Gasteiger partial charge in [-0.05, 0) is 54.9 Å². The van der Waals surface area contributed by atoms with Gasteiger partial charge in [-0.2, -0.15) is 0 Å². The van der Waals surface area contributed by atoms with E-state index >= 15 is 0 Å². The smallest absolute Gasteiger partial charge is 0.261 e. The van der Waals surface area contributed by atoms with Crippen LogP contribution < -0.4 is 0 Å². The molecule has 0 N–H and O–H groups in total. The van der Waals surface area contributed by atoms with Crippen LogP contribution in [0.5, 0.6) is 0 Å². The van der Waals surface area contributed by atoms with Gasteiger partial charge in [0.15, 0.2) is 0 Å². The molecule has 0 saturated heterocycles. The van der Waals surface area contributed by atoms with Crippen molar-refractivity contribution in [3.63, 3.8) is 0 Å². The van der Waals surface area contributed by atoms with Crippen LogP contribution >= 0.6 is 0 Å². The Morgan fingerprint density at radius 3 is 1.68 bits per heavy atom. The second kappa shape index (κ2) is 16.4. The number of hydrogen-bond acceptors (Lipinski definition) is 6. The van der Waals surface area contributed by atoms with E-state index in [0.717, 1.165) is 33.5 Å². The Labute approximate surface area is 278 Å². The maximum Gasteiger partial charge on any atom is 0.261 e. The maximum absolute atomic E-state index is 13.3. The van der Waals surface area contributed by atoms with Gasteiger partial charge in [0.05, 0.1) is 18.7 Å². The van der Waals surface area contributed by atoms with E-state index < -0.39 is 0 Å². The third kappa shape index (κ3) is 7.45. The Morgan fingerprint density at radius 2 is 1.13 bits per heavy atom. The molecule has 0 aromatic heterocycles. The second-order valence-electron chi connectivity index (χ2n) is 11.7. The molecule has 8 heteroatoms. The van der Waals surface area contributed by atoms with Crippen LogP contribution in [0.1, 0.15) is 94.0 Å². The fraction of sp³-hybridized carbons (Fsp3) is 0.385. The van der Waals surface area contributed by atoms with E-state index in [-0.39, 0.29) is 36.8 Å². The number of unbranched alkanes of at least 4 members (excludes halogenated alkanes) is 1. The van der Waals surface area contributed by atoms with Crippen LogP contribution in [0.2, 0.25) is 0 Å². The second-order valence-corrected chi connectivity index (χ2v) is 11.7. The number of nitrogens with zero attached hydrogens (tertiary/aromatic N) is 3. The first-order valence-electron chi connectivity index (χ1n) is 16.8. The van der Waals surface area contributed by atoms with E-state index in [9.17, 15) is 19.2 Å². The number of aryl methyl sites for hydroxylation is 1. The minimum atomic E-state index is -0.293. The number of likely N-dealkylation sites (N-methyl/N-ethyl adjacent to an activating group) is 1. The van der Waals surface area contributed by atoms with Crippen LogP contribution in [0.15, 0.2) is 66.7 Å². The standard InChI is InChI=1S/C33H31N3O5.C4H10.C2H6/c1-21-13-14-23-9-5-12-26-29(23)27(21)33(40)35(32(26)39)17-16-34(2)15-6-19-41-20-18-36-30(37)24-10-3-7-22-8-4-11-25(28(22)24)31(36)38;1-3-4-2;1-2/h3-5,7-14H,6,15-20H2,1-2H3;3-4H2,1-2H3;1-2H3. The normalized spacial score (nSPS) is 13.6. The SMILES string of the molecule is CC.CCCC.Cc1ccc2cccc3c2c1C(=O)N(CCN(C)CCCOCCN1C(=O)c2cccc4cccc(c24)C1=O)C3=O. The third-order valence-corrected chi connectivity index (χ3v) is 8.54. The van der Waals surface area contributed by atoms with E-state index in [4.69, 9.17) is 4.74 Å². The molecule has 4 amide bonds. The predicted octanol–water partition coefficient (Wildman–Crippen LogP) is 7.36. The van der Waals surface area contributed by atoms with Crippen LogP contribution in [0.3, 0.4) is 0 Å². The fourth-order valence-corrected chi connectivity index (χ4v) is 5.87. The van der Waals surface area contributed by atoms with Gasteiger partial charge in [-0.25, -0.2) is 0 Å². The Morgan fingerprint density at radius 1 is 0.617 bits per heavy atom. The molecule has 0 bridgehead atoms. The molecule has 8 nitrogen and oxygen atoms in total. The highest BCUT2D eigenvalue weighted by molar-refractivity contribution is 6.26. The highest BCUT2D eigenvalue weighted by atomic mass is 16.5. The van der Waals surface area contributed by atoms with Gasteiger partial charge in [0.25, 0.3) is 23.6 Å². The third-order valence-electron chi connectivity index (χ3n) is 8.54. The summed E-state index contributed by atoms with van der Waals surface area (Å²) in [6.07, 6.45) is 3.36. The van der Waals surface area contributed by atoms with Crippen LogP contribution in [0.25, 0.3) is 21.5 Å². The summed E-state index contributed by atoms with van der Waals surface area (Å²) in [6, 6.07) is 20.4. The summed E-state index contributed by atoms with van der Waals surface area (Å²) in [5.41, 5.74) is 3.13. The molecular formula is C39H47N3O5. The Hall–Kier alpha value is -4.40. The van der Waals surface area contributed by atoms with Gasteiger partial charge >= 0.3 is 0 Å². The molecule has 0 saturated carbocycles. The minimum Gasteiger partial charge on any atom is -0.380 e. The zero-order valence-electron chi connectivity index (χ0n) is 28.6. The van der Waals surface area contributed by atoms with Crippen molar-refractivity contribution in [1.82, 2.24) is 14.7 Å². The van der Waals surface area contributed by atoms with Crippen LogP contribution in [0.4, 0.5) is 0 Å². The molecule has 0 spiro atoms. The van der Waals surface area contributed by atoms with E-state index in [1.165, 1.54) is 22.6 Å². The van der Waals surface area contributed by atoms with E-state index in [2.05, 4.69) is 18.7 Å². The number of benzene rings is 4. The topological polar surface area (TPSA) is 87.2 Å². The van der Waals surface area contributed by atoms with Crippen molar-refractivity contribution in [1.29, 1.82) is 0 Å². The molecule has 0 unspecified atom stereocenters. The molecule has 4 aromatic carbocycles. The Kier molecular flexibility index (Phi) is 12.4. The first-order valence-corrected chi connectivity index (χ1v) is 16.8. The van der Waals surface area contributed by atoms with Crippen molar-refractivity contribution in [2.24, 2.45) is 0 Å². The summed E-state index contributed by atoms with van der Waals surface area (Å²) >= 11 is 0. The summed E-state index contributed by atoms with van der Waals surface area (Å²) in [7, 11) is 1.95.